The first kappa shape index (κ1) is 23.3. The minimum Gasteiger partial charge on any atom is -0.462 e. The number of carbonyl (C=O) groups excluding carboxylic acids is 2. The Labute approximate surface area is 196 Å². The summed E-state index contributed by atoms with van der Waals surface area (Å²) in [5, 5.41) is 4.54. The summed E-state index contributed by atoms with van der Waals surface area (Å²) in [4.78, 5) is 24.6. The molecule has 0 N–H and O–H groups in total. The predicted octanol–water partition coefficient (Wildman–Crippen LogP) is 6.13. The van der Waals surface area contributed by atoms with Crippen LogP contribution in [0.5, 0.6) is 0 Å². The fourth-order valence-electron chi connectivity index (χ4n) is 3.22. The minimum absolute atomic E-state index is 0.0303. The van der Waals surface area contributed by atoms with E-state index in [2.05, 4.69) is 5.10 Å². The Morgan fingerprint density at radius 2 is 1.76 bits per heavy atom. The minimum atomic E-state index is -4.86. The zero-order valence-electron chi connectivity index (χ0n) is 17.6. The van der Waals surface area contributed by atoms with E-state index in [1.165, 1.54) is 30.3 Å². The molecule has 0 radical (unpaired) electrons. The molecule has 2 aromatic carbocycles. The van der Waals surface area contributed by atoms with E-state index in [4.69, 9.17) is 20.8 Å². The molecule has 174 valence electrons. The zero-order valence-corrected chi connectivity index (χ0v) is 18.4. The van der Waals surface area contributed by atoms with E-state index in [1.807, 2.05) is 0 Å². The predicted molar refractivity (Wildman–Crippen MR) is 121 cm³/mol. The highest BCUT2D eigenvalue weighted by Crippen LogP contribution is 2.34. The number of benzene rings is 2. The van der Waals surface area contributed by atoms with E-state index < -0.39 is 29.3 Å². The smallest absolute Gasteiger partial charge is 0.435 e. The molecular formula is C24H16ClF3N2O4. The van der Waals surface area contributed by atoms with Crippen LogP contribution in [-0.4, -0.2) is 30.4 Å². The summed E-state index contributed by atoms with van der Waals surface area (Å²) < 4.78 is 51.5. The van der Waals surface area contributed by atoms with Crippen LogP contribution in [0.3, 0.4) is 0 Å². The van der Waals surface area contributed by atoms with Crippen molar-refractivity contribution in [1.82, 2.24) is 0 Å². The van der Waals surface area contributed by atoms with Gasteiger partial charge in [0.2, 0.25) is 0 Å². The van der Waals surface area contributed by atoms with Gasteiger partial charge in [-0.15, -0.1) is 0 Å². The average Bonchev–Trinajstić information content (AvgIpc) is 3.40. The van der Waals surface area contributed by atoms with Crippen molar-refractivity contribution in [3.63, 3.8) is 0 Å². The highest BCUT2D eigenvalue weighted by molar-refractivity contribution is 6.34. The van der Waals surface area contributed by atoms with E-state index in [9.17, 15) is 22.8 Å². The van der Waals surface area contributed by atoms with Crippen LogP contribution in [0.25, 0.3) is 17.4 Å². The van der Waals surface area contributed by atoms with Crippen molar-refractivity contribution in [2.24, 2.45) is 5.10 Å². The fraction of sp³-hybridized carbons (Fsp3) is 0.125. The topological polar surface area (TPSA) is 72.1 Å². The van der Waals surface area contributed by atoms with Crippen LogP contribution in [0.2, 0.25) is 5.02 Å². The lowest BCUT2D eigenvalue weighted by atomic mass is 10.1. The number of hydrogen-bond donors (Lipinski definition) is 0. The average molecular weight is 489 g/mol. The van der Waals surface area contributed by atoms with Crippen LogP contribution < -0.4 is 5.01 Å². The Bertz CT molecular complexity index is 1290. The van der Waals surface area contributed by atoms with Crippen LogP contribution in [0.15, 0.2) is 75.8 Å². The molecule has 0 unspecified atom stereocenters. The lowest BCUT2D eigenvalue weighted by molar-refractivity contribution is -0.114. The first-order chi connectivity index (χ1) is 16.2. The molecule has 0 aliphatic carbocycles. The number of esters is 1. The Hall–Kier alpha value is -3.85. The standard InChI is InChI=1S/C24H16ClF3N2O4/c1-2-33-23(32)15-5-3-14(4-6-15)20-12-11-18(34-20)13-19-21(24(26,27)28)29-30(22(19)31)17-9-7-16(25)8-10-17/h3-13H,2H2,1H3. The molecule has 0 saturated carbocycles. The van der Waals surface area contributed by atoms with Gasteiger partial charge in [-0.2, -0.15) is 23.3 Å². The van der Waals surface area contributed by atoms with Gasteiger partial charge in [0.25, 0.3) is 5.91 Å². The van der Waals surface area contributed by atoms with Gasteiger partial charge in [0, 0.05) is 10.6 Å². The molecule has 10 heteroatoms. The highest BCUT2D eigenvalue weighted by Gasteiger charge is 2.47. The van der Waals surface area contributed by atoms with Crippen LogP contribution in [-0.2, 0) is 9.53 Å². The molecule has 0 bridgehead atoms. The Morgan fingerprint density at radius 1 is 1.09 bits per heavy atom. The number of hydrazone groups is 1. The van der Waals surface area contributed by atoms with E-state index >= 15 is 0 Å². The molecule has 2 heterocycles. The molecule has 4 rings (SSSR count). The van der Waals surface area contributed by atoms with Crippen molar-refractivity contribution in [3.8, 4) is 11.3 Å². The van der Waals surface area contributed by atoms with Crippen molar-refractivity contribution < 1.29 is 31.9 Å². The third-order valence-electron chi connectivity index (χ3n) is 4.81. The van der Waals surface area contributed by atoms with Gasteiger partial charge in [-0.05, 0) is 61.5 Å². The van der Waals surface area contributed by atoms with Gasteiger partial charge < -0.3 is 9.15 Å². The summed E-state index contributed by atoms with van der Waals surface area (Å²) >= 11 is 5.82. The van der Waals surface area contributed by atoms with Crippen molar-refractivity contribution in [1.29, 1.82) is 0 Å². The number of anilines is 1. The largest absolute Gasteiger partial charge is 0.462 e. The van der Waals surface area contributed by atoms with E-state index in [-0.39, 0.29) is 18.1 Å². The first-order valence-electron chi connectivity index (χ1n) is 10.0. The normalized spacial score (nSPS) is 15.1. The van der Waals surface area contributed by atoms with Gasteiger partial charge in [-0.1, -0.05) is 23.7 Å². The number of furan rings is 1. The number of hydrogen-bond acceptors (Lipinski definition) is 5. The summed E-state index contributed by atoms with van der Waals surface area (Å²) in [6, 6.07) is 15.0. The van der Waals surface area contributed by atoms with Crippen LogP contribution in [0, 0.1) is 0 Å². The molecule has 1 aliphatic heterocycles. The summed E-state index contributed by atoms with van der Waals surface area (Å²) in [5.74, 6) is -1.05. The summed E-state index contributed by atoms with van der Waals surface area (Å²) in [7, 11) is 0. The third kappa shape index (κ3) is 4.74. The van der Waals surface area contributed by atoms with Crippen LogP contribution in [0.4, 0.5) is 18.9 Å². The molecule has 34 heavy (non-hydrogen) atoms. The van der Waals surface area contributed by atoms with E-state index in [0.717, 1.165) is 6.08 Å². The zero-order chi connectivity index (χ0) is 24.5. The van der Waals surface area contributed by atoms with Crippen molar-refractivity contribution >= 4 is 41.0 Å². The second kappa shape index (κ2) is 9.18. The first-order valence-corrected chi connectivity index (χ1v) is 10.4. The van der Waals surface area contributed by atoms with Gasteiger partial charge in [0.1, 0.15) is 11.5 Å². The summed E-state index contributed by atoms with van der Waals surface area (Å²) in [6.07, 6.45) is -3.86. The molecule has 0 fully saturated rings. The van der Waals surface area contributed by atoms with E-state index in [0.29, 0.717) is 26.9 Å². The lowest BCUT2D eigenvalue weighted by Crippen LogP contribution is -2.25. The molecule has 1 aliphatic rings. The monoisotopic (exact) mass is 488 g/mol. The van der Waals surface area contributed by atoms with Crippen LogP contribution >= 0.6 is 11.6 Å². The van der Waals surface area contributed by atoms with Gasteiger partial charge in [0.15, 0.2) is 5.71 Å². The molecule has 0 atom stereocenters. The van der Waals surface area contributed by atoms with E-state index in [1.54, 1.807) is 37.3 Å². The second-order valence-corrected chi connectivity index (χ2v) is 7.53. The third-order valence-corrected chi connectivity index (χ3v) is 5.06. The highest BCUT2D eigenvalue weighted by atomic mass is 35.5. The SMILES string of the molecule is CCOC(=O)c1ccc(-c2ccc(C=C3C(=O)N(c4ccc(Cl)cc4)N=C3C(F)(F)F)o2)cc1. The van der Waals surface area contributed by atoms with Crippen molar-refractivity contribution in [3.05, 3.63) is 82.6 Å². The molecule has 1 amide bonds. The molecule has 3 aromatic rings. The summed E-state index contributed by atoms with van der Waals surface area (Å²) in [5.41, 5.74) is -0.904. The number of rotatable bonds is 5. The number of nitrogens with zero attached hydrogens (tertiary/aromatic N) is 2. The number of halogens is 4. The molecule has 0 spiro atoms. The van der Waals surface area contributed by atoms with Crippen molar-refractivity contribution in [2.75, 3.05) is 11.6 Å². The quantitative estimate of drug-likeness (QED) is 0.320. The fourth-order valence-corrected chi connectivity index (χ4v) is 3.35. The van der Waals surface area contributed by atoms with Gasteiger partial charge in [-0.3, -0.25) is 4.79 Å². The molecule has 1 aromatic heterocycles. The number of carbonyl (C=O) groups is 2. The van der Waals surface area contributed by atoms with Gasteiger partial charge in [-0.25, -0.2) is 4.79 Å². The molecule has 6 nitrogen and oxygen atoms in total. The Kier molecular flexibility index (Phi) is 6.30. The molecule has 0 saturated heterocycles. The Balaban J connectivity index is 1.63. The van der Waals surface area contributed by atoms with Crippen molar-refractivity contribution in [2.45, 2.75) is 13.1 Å². The van der Waals surface area contributed by atoms with Gasteiger partial charge in [0.05, 0.1) is 23.4 Å². The lowest BCUT2D eigenvalue weighted by Gasteiger charge is -2.11. The number of amides is 1. The maximum absolute atomic E-state index is 13.6. The number of alkyl halides is 3. The second-order valence-electron chi connectivity index (χ2n) is 7.10. The Morgan fingerprint density at radius 3 is 2.38 bits per heavy atom. The maximum Gasteiger partial charge on any atom is 0.435 e. The van der Waals surface area contributed by atoms with Crippen LogP contribution in [0.1, 0.15) is 23.0 Å². The maximum atomic E-state index is 13.6. The molecular weight excluding hydrogens is 473 g/mol. The van der Waals surface area contributed by atoms with Gasteiger partial charge >= 0.3 is 12.1 Å². The summed E-state index contributed by atoms with van der Waals surface area (Å²) in [6.45, 7) is 1.94. The number of ether oxygens (including phenoxy) is 1.